The molecule has 2 aliphatic heterocycles. The zero-order valence-electron chi connectivity index (χ0n) is 29.3. The van der Waals surface area contributed by atoms with Crippen LogP contribution in [0.1, 0.15) is 51.8 Å². The molecule has 5 rings (SSSR count). The summed E-state index contributed by atoms with van der Waals surface area (Å²) in [7, 11) is 0. The maximum Gasteiger partial charge on any atom is 0.338 e. The Bertz CT molecular complexity index is 1770. The fraction of sp³-hybridized carbons (Fsp3) is 0.368. The van der Waals surface area contributed by atoms with Crippen molar-refractivity contribution in [3.63, 3.8) is 0 Å². The van der Waals surface area contributed by atoms with Crippen LogP contribution in [-0.2, 0) is 57.0 Å². The third-order valence-corrected chi connectivity index (χ3v) is 8.10. The zero-order chi connectivity index (χ0) is 38.8. The fourth-order valence-corrected chi connectivity index (χ4v) is 5.77. The summed E-state index contributed by atoms with van der Waals surface area (Å²) >= 11 is 0. The lowest BCUT2D eigenvalue weighted by atomic mass is 9.98. The van der Waals surface area contributed by atoms with Gasteiger partial charge in [-0.1, -0.05) is 54.6 Å². The van der Waals surface area contributed by atoms with Gasteiger partial charge in [-0.15, -0.1) is 0 Å². The monoisotopic (exact) mass is 750 g/mol. The minimum absolute atomic E-state index is 0.137. The molecule has 0 aliphatic carbocycles. The van der Waals surface area contributed by atoms with Crippen LogP contribution in [0.25, 0.3) is 0 Å². The summed E-state index contributed by atoms with van der Waals surface area (Å²) in [6, 6.07) is 23.9. The molecule has 2 heterocycles. The fourth-order valence-electron chi connectivity index (χ4n) is 5.77. The Morgan fingerprint density at radius 1 is 0.500 bits per heavy atom. The van der Waals surface area contributed by atoms with E-state index < -0.39 is 104 Å². The van der Waals surface area contributed by atoms with Crippen LogP contribution in [0.2, 0.25) is 0 Å². The molecule has 0 saturated carbocycles. The van der Waals surface area contributed by atoms with Crippen molar-refractivity contribution in [3.05, 3.63) is 108 Å². The molecule has 286 valence electrons. The number of carbonyl (C=O) groups is 6. The normalized spacial score (nSPS) is 26.1. The predicted octanol–water partition coefficient (Wildman–Crippen LogP) is 2.55. The molecule has 0 aromatic heterocycles. The number of aliphatic hydroxyl groups excluding tert-OH is 1. The van der Waals surface area contributed by atoms with Crippen molar-refractivity contribution in [2.24, 2.45) is 0 Å². The number of rotatable bonds is 13. The Balaban J connectivity index is 1.45. The van der Waals surface area contributed by atoms with Crippen molar-refractivity contribution in [1.29, 1.82) is 0 Å². The highest BCUT2D eigenvalue weighted by Gasteiger charge is 2.54. The maximum absolute atomic E-state index is 13.4. The molecular weight excluding hydrogens is 712 g/mol. The van der Waals surface area contributed by atoms with Gasteiger partial charge in [0, 0.05) is 20.8 Å². The van der Waals surface area contributed by atoms with E-state index in [1.165, 1.54) is 36.4 Å². The molecule has 3 aromatic carbocycles. The Hall–Kier alpha value is -5.68. The van der Waals surface area contributed by atoms with Crippen LogP contribution in [0.4, 0.5) is 0 Å². The first kappa shape index (κ1) is 39.5. The summed E-state index contributed by atoms with van der Waals surface area (Å²) in [4.78, 5) is 75.9. The first-order chi connectivity index (χ1) is 25.9. The molecule has 16 nitrogen and oxygen atoms in total. The van der Waals surface area contributed by atoms with Crippen LogP contribution in [0.3, 0.4) is 0 Å². The van der Waals surface area contributed by atoms with Crippen molar-refractivity contribution in [1.82, 2.24) is 0 Å². The topological polar surface area (TPSA) is 206 Å². The van der Waals surface area contributed by atoms with E-state index in [9.17, 15) is 33.9 Å². The lowest BCUT2D eigenvalue weighted by Gasteiger charge is -2.42. The van der Waals surface area contributed by atoms with Gasteiger partial charge in [-0.05, 0) is 36.4 Å². The zero-order valence-corrected chi connectivity index (χ0v) is 29.3. The average molecular weight is 751 g/mol. The largest absolute Gasteiger partial charge is 0.459 e. The summed E-state index contributed by atoms with van der Waals surface area (Å²) in [5.41, 5.74) is 0.521. The molecule has 0 spiro atoms. The molecule has 2 saturated heterocycles. The predicted molar refractivity (Wildman–Crippen MR) is 180 cm³/mol. The number of aliphatic hydroxyl groups is 1. The van der Waals surface area contributed by atoms with E-state index in [0.717, 1.165) is 20.8 Å². The molecule has 9 atom stereocenters. The minimum atomic E-state index is -1.89. The summed E-state index contributed by atoms with van der Waals surface area (Å²) in [5, 5.41) is 10.8. The molecule has 0 radical (unpaired) electrons. The standard InChI is InChI=1S/C38H38O16/c1-21(39)48-29-27(51-37(45)32(50-23(3)41)31(29)49-22(2)40)20-47-38-33(54-36(44)26-17-11-6-12-18-26)30(53-35(43)25-15-9-5-10-16-25)28(52-38)19-46-34(42)24-13-7-4-8-14-24/h4-18,27-33,37-38,45H,19-20H2,1-3H3/t27-,28+,29-,30-,31+,32-,33-,37-,38+/m0/s1. The second-order valence-corrected chi connectivity index (χ2v) is 12.1. The number of hydrogen-bond acceptors (Lipinski definition) is 16. The van der Waals surface area contributed by atoms with Gasteiger partial charge in [0.2, 0.25) is 0 Å². The third-order valence-electron chi connectivity index (χ3n) is 8.10. The first-order valence-corrected chi connectivity index (χ1v) is 16.8. The number of esters is 6. The van der Waals surface area contributed by atoms with E-state index in [0.29, 0.717) is 0 Å². The van der Waals surface area contributed by atoms with Gasteiger partial charge in [0.05, 0.1) is 23.3 Å². The SMILES string of the molecule is CC(=O)O[C@@H]1[C@@H](OC(C)=O)[C@H](CO[C@@H]2O[C@H](COC(=O)c3ccccc3)[C@H](OC(=O)c3ccccc3)[C@@H]2OC(=O)c2ccccc2)O[C@H](O)[C@H]1OC(C)=O. The van der Waals surface area contributed by atoms with E-state index in [1.54, 1.807) is 54.6 Å². The van der Waals surface area contributed by atoms with Gasteiger partial charge in [0.15, 0.2) is 43.1 Å². The Labute approximate surface area is 309 Å². The average Bonchev–Trinajstić information content (AvgIpc) is 3.47. The van der Waals surface area contributed by atoms with Gasteiger partial charge in [-0.3, -0.25) is 14.4 Å². The van der Waals surface area contributed by atoms with E-state index in [2.05, 4.69) is 0 Å². The van der Waals surface area contributed by atoms with E-state index in [-0.39, 0.29) is 16.7 Å². The second-order valence-electron chi connectivity index (χ2n) is 12.1. The Morgan fingerprint density at radius 3 is 1.41 bits per heavy atom. The quantitative estimate of drug-likeness (QED) is 0.197. The summed E-state index contributed by atoms with van der Waals surface area (Å²) in [5.74, 6) is -4.94. The minimum Gasteiger partial charge on any atom is -0.459 e. The number of ether oxygens (including phenoxy) is 9. The van der Waals surface area contributed by atoms with Crippen molar-refractivity contribution in [2.75, 3.05) is 13.2 Å². The Kier molecular flexibility index (Phi) is 13.5. The lowest BCUT2D eigenvalue weighted by molar-refractivity contribution is -0.304. The highest BCUT2D eigenvalue weighted by Crippen LogP contribution is 2.33. The van der Waals surface area contributed by atoms with Gasteiger partial charge in [-0.2, -0.15) is 0 Å². The van der Waals surface area contributed by atoms with Gasteiger partial charge >= 0.3 is 35.8 Å². The summed E-state index contributed by atoms with van der Waals surface area (Å²) in [6.45, 7) is 2.09. The van der Waals surface area contributed by atoms with Crippen molar-refractivity contribution >= 4 is 35.8 Å². The van der Waals surface area contributed by atoms with E-state index in [1.807, 2.05) is 0 Å². The second kappa shape index (κ2) is 18.4. The van der Waals surface area contributed by atoms with Crippen LogP contribution in [0.5, 0.6) is 0 Å². The molecule has 16 heteroatoms. The van der Waals surface area contributed by atoms with Crippen LogP contribution in [0.15, 0.2) is 91.0 Å². The summed E-state index contributed by atoms with van der Waals surface area (Å²) < 4.78 is 50.9. The van der Waals surface area contributed by atoms with E-state index in [4.69, 9.17) is 42.6 Å². The van der Waals surface area contributed by atoms with Gasteiger partial charge < -0.3 is 47.7 Å². The van der Waals surface area contributed by atoms with Crippen LogP contribution in [-0.4, -0.2) is 109 Å². The summed E-state index contributed by atoms with van der Waals surface area (Å²) in [6.07, 6.45) is -13.7. The molecule has 0 bridgehead atoms. The van der Waals surface area contributed by atoms with Gasteiger partial charge in [0.25, 0.3) is 0 Å². The number of benzene rings is 3. The van der Waals surface area contributed by atoms with E-state index >= 15 is 0 Å². The van der Waals surface area contributed by atoms with Crippen molar-refractivity contribution in [2.45, 2.75) is 76.1 Å². The molecular formula is C38H38O16. The molecule has 0 amide bonds. The molecule has 2 aliphatic rings. The first-order valence-electron chi connectivity index (χ1n) is 16.8. The molecule has 54 heavy (non-hydrogen) atoms. The van der Waals surface area contributed by atoms with Crippen LogP contribution >= 0.6 is 0 Å². The Morgan fingerprint density at radius 2 is 0.907 bits per heavy atom. The molecule has 2 fully saturated rings. The lowest BCUT2D eigenvalue weighted by Crippen LogP contribution is -2.62. The van der Waals surface area contributed by atoms with Crippen molar-refractivity contribution in [3.8, 4) is 0 Å². The van der Waals surface area contributed by atoms with Gasteiger partial charge in [-0.25, -0.2) is 14.4 Å². The van der Waals surface area contributed by atoms with Crippen LogP contribution < -0.4 is 0 Å². The third kappa shape index (κ3) is 10.3. The van der Waals surface area contributed by atoms with Crippen LogP contribution in [0, 0.1) is 0 Å². The van der Waals surface area contributed by atoms with Gasteiger partial charge in [0.1, 0.15) is 18.8 Å². The highest BCUT2D eigenvalue weighted by atomic mass is 16.8. The number of carbonyl (C=O) groups excluding carboxylic acids is 6. The molecule has 1 N–H and O–H groups in total. The molecule has 3 aromatic rings. The maximum atomic E-state index is 13.4. The highest BCUT2D eigenvalue weighted by molar-refractivity contribution is 5.91. The number of hydrogen-bond donors (Lipinski definition) is 1. The molecule has 0 unspecified atom stereocenters. The smallest absolute Gasteiger partial charge is 0.338 e. The van der Waals surface area contributed by atoms with Crippen molar-refractivity contribution < 1.29 is 76.5 Å².